The first-order chi connectivity index (χ1) is 13.8. The molecule has 0 heterocycles. The normalized spacial score (nSPS) is 11.8. The van der Waals surface area contributed by atoms with Gasteiger partial charge in [-0.2, -0.15) is 0 Å². The number of carboxylic acids is 3. The van der Waals surface area contributed by atoms with Gasteiger partial charge >= 0.3 is 17.9 Å². The molecule has 0 aliphatic heterocycles. The van der Waals surface area contributed by atoms with E-state index in [1.807, 2.05) is 13.8 Å². The van der Waals surface area contributed by atoms with Gasteiger partial charge in [0.2, 0.25) is 5.91 Å². The lowest BCUT2D eigenvalue weighted by Gasteiger charge is -2.27. The molecule has 0 bridgehead atoms. The standard InChI is InChI=1S/C19H35N3O8/c1-14(2)5-8-30-19(3,4)13-20-15(23)9-21(10-16(24)25)6-7-22(11-17(26)27)12-18(28)29/h14H,5-13H2,1-4H3,(H,20,23)(H,24,25)(H,26,27)(H,28,29). The monoisotopic (exact) mass is 433 g/mol. The van der Waals surface area contributed by atoms with Gasteiger partial charge in [-0.15, -0.1) is 0 Å². The Bertz CT molecular complexity index is 564. The van der Waals surface area contributed by atoms with Gasteiger partial charge in [0.25, 0.3) is 0 Å². The van der Waals surface area contributed by atoms with Crippen molar-refractivity contribution in [3.63, 3.8) is 0 Å². The highest BCUT2D eigenvalue weighted by Crippen LogP contribution is 2.10. The third-order valence-electron chi connectivity index (χ3n) is 4.08. The van der Waals surface area contributed by atoms with Gasteiger partial charge in [0.05, 0.1) is 31.8 Å². The van der Waals surface area contributed by atoms with Crippen molar-refractivity contribution in [2.45, 2.75) is 39.7 Å². The number of carbonyl (C=O) groups excluding carboxylic acids is 1. The Labute approximate surface area is 177 Å². The van der Waals surface area contributed by atoms with Crippen LogP contribution in [0.4, 0.5) is 0 Å². The Morgan fingerprint density at radius 1 is 0.867 bits per heavy atom. The molecule has 0 saturated heterocycles. The van der Waals surface area contributed by atoms with Gasteiger partial charge in [-0.1, -0.05) is 13.8 Å². The summed E-state index contributed by atoms with van der Waals surface area (Å²) in [5, 5.41) is 29.5. The summed E-state index contributed by atoms with van der Waals surface area (Å²) < 4.78 is 5.77. The molecular formula is C19H35N3O8. The maximum Gasteiger partial charge on any atom is 0.317 e. The number of hydrogen-bond acceptors (Lipinski definition) is 7. The summed E-state index contributed by atoms with van der Waals surface area (Å²) >= 11 is 0. The van der Waals surface area contributed by atoms with E-state index in [-0.39, 0.29) is 26.2 Å². The number of aliphatic carboxylic acids is 3. The SMILES string of the molecule is CC(C)CCOC(C)(C)CNC(=O)CN(CCN(CC(=O)O)CC(=O)O)CC(=O)O. The van der Waals surface area contributed by atoms with Crippen LogP contribution in [-0.4, -0.2) is 107 Å². The number of nitrogens with one attached hydrogen (secondary N) is 1. The quantitative estimate of drug-likeness (QED) is 0.242. The molecule has 11 nitrogen and oxygen atoms in total. The summed E-state index contributed by atoms with van der Waals surface area (Å²) in [6.45, 7) is 7.03. The average Bonchev–Trinajstić information content (AvgIpc) is 2.55. The van der Waals surface area contributed by atoms with Crippen LogP contribution in [0, 0.1) is 5.92 Å². The van der Waals surface area contributed by atoms with Crippen molar-refractivity contribution in [1.29, 1.82) is 0 Å². The van der Waals surface area contributed by atoms with Crippen LogP contribution in [0.25, 0.3) is 0 Å². The summed E-state index contributed by atoms with van der Waals surface area (Å²) in [5.41, 5.74) is -0.581. The maximum absolute atomic E-state index is 12.3. The molecule has 1 amide bonds. The van der Waals surface area contributed by atoms with Gasteiger partial charge in [-0.05, 0) is 26.2 Å². The molecule has 30 heavy (non-hydrogen) atoms. The van der Waals surface area contributed by atoms with E-state index >= 15 is 0 Å². The topological polar surface area (TPSA) is 157 Å². The number of nitrogens with zero attached hydrogens (tertiary/aromatic N) is 2. The molecule has 0 unspecified atom stereocenters. The molecule has 0 aromatic carbocycles. The van der Waals surface area contributed by atoms with E-state index in [9.17, 15) is 19.2 Å². The first-order valence-electron chi connectivity index (χ1n) is 9.81. The largest absolute Gasteiger partial charge is 0.480 e. The Morgan fingerprint density at radius 3 is 1.70 bits per heavy atom. The van der Waals surface area contributed by atoms with Crippen molar-refractivity contribution in [3.05, 3.63) is 0 Å². The second-order valence-corrected chi connectivity index (χ2v) is 8.17. The summed E-state index contributed by atoms with van der Waals surface area (Å²) in [5.74, 6) is -3.44. The molecule has 0 atom stereocenters. The number of carbonyl (C=O) groups is 4. The smallest absolute Gasteiger partial charge is 0.317 e. The van der Waals surface area contributed by atoms with E-state index in [4.69, 9.17) is 20.1 Å². The molecule has 0 aliphatic rings. The van der Waals surface area contributed by atoms with Crippen molar-refractivity contribution in [2.24, 2.45) is 5.92 Å². The summed E-state index contributed by atoms with van der Waals surface area (Å²) in [4.78, 5) is 47.6. The van der Waals surface area contributed by atoms with Crippen LogP contribution in [0.2, 0.25) is 0 Å². The van der Waals surface area contributed by atoms with E-state index in [0.717, 1.165) is 11.3 Å². The molecule has 0 radical (unpaired) electrons. The van der Waals surface area contributed by atoms with Crippen molar-refractivity contribution < 1.29 is 39.2 Å². The van der Waals surface area contributed by atoms with Gasteiger partial charge in [0.1, 0.15) is 0 Å². The minimum atomic E-state index is -1.20. The van der Waals surface area contributed by atoms with Crippen LogP contribution in [0.5, 0.6) is 0 Å². The van der Waals surface area contributed by atoms with E-state index in [1.54, 1.807) is 0 Å². The van der Waals surface area contributed by atoms with Crippen LogP contribution in [0.1, 0.15) is 34.1 Å². The van der Waals surface area contributed by atoms with Crippen molar-refractivity contribution in [1.82, 2.24) is 15.1 Å². The predicted octanol–water partition coefficient (Wildman–Crippen LogP) is -0.198. The summed E-state index contributed by atoms with van der Waals surface area (Å²) in [6.07, 6.45) is 0.896. The first-order valence-corrected chi connectivity index (χ1v) is 9.81. The highest BCUT2D eigenvalue weighted by atomic mass is 16.5. The molecular weight excluding hydrogens is 398 g/mol. The van der Waals surface area contributed by atoms with E-state index in [0.29, 0.717) is 12.5 Å². The lowest BCUT2D eigenvalue weighted by Crippen LogP contribution is -2.47. The Kier molecular flexibility index (Phi) is 12.8. The zero-order chi connectivity index (χ0) is 23.3. The first kappa shape index (κ1) is 27.8. The molecule has 0 fully saturated rings. The van der Waals surface area contributed by atoms with Crippen LogP contribution < -0.4 is 5.32 Å². The fourth-order valence-corrected chi connectivity index (χ4v) is 2.48. The van der Waals surface area contributed by atoms with E-state index in [2.05, 4.69) is 19.2 Å². The maximum atomic E-state index is 12.3. The van der Waals surface area contributed by atoms with Gasteiger partial charge in [-0.3, -0.25) is 29.0 Å². The number of amides is 1. The third kappa shape index (κ3) is 15.7. The van der Waals surface area contributed by atoms with Crippen LogP contribution >= 0.6 is 0 Å². The molecule has 0 spiro atoms. The fourth-order valence-electron chi connectivity index (χ4n) is 2.48. The summed E-state index contributed by atoms with van der Waals surface area (Å²) in [7, 11) is 0. The van der Waals surface area contributed by atoms with Crippen molar-refractivity contribution in [2.75, 3.05) is 52.4 Å². The van der Waals surface area contributed by atoms with Crippen molar-refractivity contribution >= 4 is 23.8 Å². The van der Waals surface area contributed by atoms with E-state index in [1.165, 1.54) is 4.90 Å². The number of ether oxygens (including phenoxy) is 1. The number of carboxylic acid groups (broad SMARTS) is 3. The molecule has 0 aliphatic carbocycles. The molecule has 0 aromatic heterocycles. The molecule has 174 valence electrons. The molecule has 0 rings (SSSR count). The highest BCUT2D eigenvalue weighted by Gasteiger charge is 2.22. The van der Waals surface area contributed by atoms with Crippen LogP contribution in [0.15, 0.2) is 0 Å². The lowest BCUT2D eigenvalue weighted by molar-refractivity contribution is -0.143. The van der Waals surface area contributed by atoms with E-state index < -0.39 is 49.1 Å². The van der Waals surface area contributed by atoms with Gasteiger partial charge in [0.15, 0.2) is 0 Å². The minimum absolute atomic E-state index is 0.0109. The second-order valence-electron chi connectivity index (χ2n) is 8.17. The average molecular weight is 434 g/mol. The number of hydrogen-bond donors (Lipinski definition) is 4. The Morgan fingerprint density at radius 2 is 1.30 bits per heavy atom. The van der Waals surface area contributed by atoms with Crippen LogP contribution in [-0.2, 0) is 23.9 Å². The fraction of sp³-hybridized carbons (Fsp3) is 0.789. The van der Waals surface area contributed by atoms with Gasteiger partial charge in [0, 0.05) is 26.2 Å². The molecule has 4 N–H and O–H groups in total. The lowest BCUT2D eigenvalue weighted by atomic mass is 10.1. The zero-order valence-corrected chi connectivity index (χ0v) is 18.2. The second kappa shape index (κ2) is 13.9. The number of rotatable bonds is 17. The minimum Gasteiger partial charge on any atom is -0.480 e. The predicted molar refractivity (Wildman–Crippen MR) is 108 cm³/mol. The Balaban J connectivity index is 4.68. The molecule has 0 saturated carbocycles. The zero-order valence-electron chi connectivity index (χ0n) is 18.2. The highest BCUT2D eigenvalue weighted by molar-refractivity contribution is 5.79. The van der Waals surface area contributed by atoms with Crippen molar-refractivity contribution in [3.8, 4) is 0 Å². The van der Waals surface area contributed by atoms with Gasteiger partial charge in [-0.25, -0.2) is 0 Å². The Hall–Kier alpha value is -2.24. The summed E-state index contributed by atoms with van der Waals surface area (Å²) in [6, 6.07) is 0. The molecule has 11 heteroatoms. The molecule has 0 aromatic rings. The third-order valence-corrected chi connectivity index (χ3v) is 4.08. The van der Waals surface area contributed by atoms with Gasteiger partial charge < -0.3 is 25.4 Å². The van der Waals surface area contributed by atoms with Crippen LogP contribution in [0.3, 0.4) is 0 Å².